The van der Waals surface area contributed by atoms with Gasteiger partial charge in [-0.15, -0.1) is 0 Å². The molecule has 114 valence electrons. The molecule has 1 unspecified atom stereocenters. The molecule has 1 fully saturated rings. The molecule has 1 atom stereocenters. The number of nitrogens with zero attached hydrogens (tertiary/aromatic N) is 1. The third kappa shape index (κ3) is 3.73. The molecule has 1 amide bonds. The number of aliphatic carboxylic acids is 1. The summed E-state index contributed by atoms with van der Waals surface area (Å²) in [6.07, 6.45) is 0. The predicted octanol–water partition coefficient (Wildman–Crippen LogP) is 0.262. The van der Waals surface area contributed by atoms with Crippen LogP contribution >= 0.6 is 0 Å². The Hall–Kier alpha value is -2.06. The lowest BCUT2D eigenvalue weighted by Crippen LogP contribution is -2.56. The molecule has 1 aromatic carbocycles. The number of halogens is 2. The molecule has 6 nitrogen and oxygen atoms in total. The Morgan fingerprint density at radius 1 is 1.38 bits per heavy atom. The van der Waals surface area contributed by atoms with Crippen LogP contribution in [0.5, 0.6) is 0 Å². The Balaban J connectivity index is 2.02. The fourth-order valence-corrected chi connectivity index (χ4v) is 2.16. The van der Waals surface area contributed by atoms with Crippen LogP contribution in [0.3, 0.4) is 0 Å². The first kappa shape index (κ1) is 15.3. The minimum absolute atomic E-state index is 0.219. The number of carbonyl (C=O) groups is 2. The second-order valence-electron chi connectivity index (χ2n) is 4.67. The highest BCUT2D eigenvalue weighted by Gasteiger charge is 2.29. The van der Waals surface area contributed by atoms with Crippen LogP contribution in [-0.4, -0.2) is 54.1 Å². The quantitative estimate of drug-likeness (QED) is 0.743. The van der Waals surface area contributed by atoms with Gasteiger partial charge in [-0.2, -0.15) is 0 Å². The summed E-state index contributed by atoms with van der Waals surface area (Å²) in [5.74, 6) is -3.46. The summed E-state index contributed by atoms with van der Waals surface area (Å²) >= 11 is 0. The number of anilines is 1. The SMILES string of the molecule is O=C(CN1CCNCC1C(=O)O)Nc1c(F)cccc1F. The number of amides is 1. The number of piperazine rings is 1. The average Bonchev–Trinajstić information content (AvgIpc) is 2.43. The van der Waals surface area contributed by atoms with Gasteiger partial charge in [-0.1, -0.05) is 6.07 Å². The van der Waals surface area contributed by atoms with Gasteiger partial charge in [0.1, 0.15) is 23.4 Å². The topological polar surface area (TPSA) is 81.7 Å². The minimum atomic E-state index is -1.05. The molecule has 0 spiro atoms. The molecule has 8 heteroatoms. The minimum Gasteiger partial charge on any atom is -0.480 e. The van der Waals surface area contributed by atoms with Crippen molar-refractivity contribution in [3.05, 3.63) is 29.8 Å². The standard InChI is InChI=1S/C13H15F2N3O3/c14-8-2-1-3-9(15)12(8)17-11(19)7-18-5-4-16-6-10(18)13(20)21/h1-3,10,16H,4-7H2,(H,17,19)(H,20,21). The van der Waals surface area contributed by atoms with Crippen LogP contribution in [0.1, 0.15) is 0 Å². The van der Waals surface area contributed by atoms with Crippen LogP contribution in [0.15, 0.2) is 18.2 Å². The normalized spacial score (nSPS) is 19.2. The molecule has 0 bridgehead atoms. The summed E-state index contributed by atoms with van der Waals surface area (Å²) in [6, 6.07) is 2.42. The third-order valence-electron chi connectivity index (χ3n) is 3.21. The first-order valence-corrected chi connectivity index (χ1v) is 6.40. The van der Waals surface area contributed by atoms with E-state index in [0.29, 0.717) is 13.1 Å². The number of rotatable bonds is 4. The van der Waals surface area contributed by atoms with Crippen molar-refractivity contribution in [3.63, 3.8) is 0 Å². The summed E-state index contributed by atoms with van der Waals surface area (Å²) in [5, 5.41) is 14.1. The number of carboxylic acids is 1. The monoisotopic (exact) mass is 299 g/mol. The Morgan fingerprint density at radius 3 is 2.67 bits per heavy atom. The van der Waals surface area contributed by atoms with E-state index in [0.717, 1.165) is 12.1 Å². The molecular formula is C13H15F2N3O3. The fourth-order valence-electron chi connectivity index (χ4n) is 2.16. The van der Waals surface area contributed by atoms with Gasteiger partial charge in [0.05, 0.1) is 6.54 Å². The molecule has 0 saturated carbocycles. The highest BCUT2D eigenvalue weighted by atomic mass is 19.1. The van der Waals surface area contributed by atoms with Gasteiger partial charge in [-0.25, -0.2) is 8.78 Å². The number of benzene rings is 1. The van der Waals surface area contributed by atoms with E-state index in [-0.39, 0.29) is 13.1 Å². The number of carbonyl (C=O) groups excluding carboxylic acids is 1. The Morgan fingerprint density at radius 2 is 2.05 bits per heavy atom. The largest absolute Gasteiger partial charge is 0.480 e. The molecule has 0 aromatic heterocycles. The van der Waals surface area contributed by atoms with E-state index in [9.17, 15) is 18.4 Å². The van der Waals surface area contributed by atoms with Crippen molar-refractivity contribution in [2.45, 2.75) is 6.04 Å². The van der Waals surface area contributed by atoms with E-state index in [1.54, 1.807) is 0 Å². The number of hydrogen-bond acceptors (Lipinski definition) is 4. The van der Waals surface area contributed by atoms with Gasteiger partial charge >= 0.3 is 5.97 Å². The van der Waals surface area contributed by atoms with E-state index in [4.69, 9.17) is 5.11 Å². The zero-order chi connectivity index (χ0) is 15.4. The fraction of sp³-hybridized carbons (Fsp3) is 0.385. The zero-order valence-electron chi connectivity index (χ0n) is 11.1. The molecule has 21 heavy (non-hydrogen) atoms. The van der Waals surface area contributed by atoms with Crippen LogP contribution in [0, 0.1) is 11.6 Å². The molecule has 1 saturated heterocycles. The smallest absolute Gasteiger partial charge is 0.322 e. The highest BCUT2D eigenvalue weighted by molar-refractivity contribution is 5.92. The second kappa shape index (κ2) is 6.59. The maximum Gasteiger partial charge on any atom is 0.322 e. The Bertz CT molecular complexity index is 533. The van der Waals surface area contributed by atoms with Gasteiger partial charge in [-0.3, -0.25) is 14.5 Å². The zero-order valence-corrected chi connectivity index (χ0v) is 11.1. The number of para-hydroxylation sites is 1. The predicted molar refractivity (Wildman–Crippen MR) is 70.9 cm³/mol. The lowest BCUT2D eigenvalue weighted by atomic mass is 10.2. The molecule has 0 radical (unpaired) electrons. The van der Waals surface area contributed by atoms with E-state index < -0.39 is 35.2 Å². The van der Waals surface area contributed by atoms with Crippen molar-refractivity contribution >= 4 is 17.6 Å². The van der Waals surface area contributed by atoms with E-state index in [2.05, 4.69) is 10.6 Å². The summed E-state index contributed by atoms with van der Waals surface area (Å²) in [6.45, 7) is 0.887. The molecule has 3 N–H and O–H groups in total. The van der Waals surface area contributed by atoms with Crippen LogP contribution in [0.4, 0.5) is 14.5 Å². The molecule has 1 aliphatic rings. The summed E-state index contributed by atoms with van der Waals surface area (Å²) in [4.78, 5) is 24.4. The van der Waals surface area contributed by atoms with Gasteiger partial charge in [0.15, 0.2) is 0 Å². The summed E-state index contributed by atoms with van der Waals surface area (Å²) in [5.41, 5.74) is -0.524. The van der Waals surface area contributed by atoms with Gasteiger partial charge in [0, 0.05) is 19.6 Å². The van der Waals surface area contributed by atoms with Crippen LogP contribution in [0.25, 0.3) is 0 Å². The molecule has 1 aromatic rings. The van der Waals surface area contributed by atoms with Crippen molar-refractivity contribution in [3.8, 4) is 0 Å². The third-order valence-corrected chi connectivity index (χ3v) is 3.21. The first-order chi connectivity index (χ1) is 9.99. The first-order valence-electron chi connectivity index (χ1n) is 6.40. The number of carboxylic acid groups (broad SMARTS) is 1. The Kier molecular flexibility index (Phi) is 4.81. The Labute approximate surface area is 119 Å². The van der Waals surface area contributed by atoms with Gasteiger partial charge in [0.25, 0.3) is 0 Å². The lowest BCUT2D eigenvalue weighted by Gasteiger charge is -2.32. The van der Waals surface area contributed by atoms with E-state index in [1.165, 1.54) is 11.0 Å². The number of hydrogen-bond donors (Lipinski definition) is 3. The number of nitrogens with one attached hydrogen (secondary N) is 2. The summed E-state index contributed by atoms with van der Waals surface area (Å²) in [7, 11) is 0. The lowest BCUT2D eigenvalue weighted by molar-refractivity contribution is -0.144. The van der Waals surface area contributed by atoms with Crippen LogP contribution < -0.4 is 10.6 Å². The van der Waals surface area contributed by atoms with Crippen molar-refractivity contribution < 1.29 is 23.5 Å². The van der Waals surface area contributed by atoms with Gasteiger partial charge in [0.2, 0.25) is 5.91 Å². The van der Waals surface area contributed by atoms with Crippen LogP contribution in [0.2, 0.25) is 0 Å². The summed E-state index contributed by atoms with van der Waals surface area (Å²) < 4.78 is 26.8. The molecule has 0 aliphatic carbocycles. The maximum atomic E-state index is 13.4. The molecule has 2 rings (SSSR count). The van der Waals surface area contributed by atoms with Crippen molar-refractivity contribution in [2.24, 2.45) is 0 Å². The van der Waals surface area contributed by atoms with E-state index >= 15 is 0 Å². The molecule has 1 aliphatic heterocycles. The van der Waals surface area contributed by atoms with Crippen LogP contribution in [-0.2, 0) is 9.59 Å². The van der Waals surface area contributed by atoms with Crippen molar-refractivity contribution in [1.29, 1.82) is 0 Å². The molecular weight excluding hydrogens is 284 g/mol. The van der Waals surface area contributed by atoms with Gasteiger partial charge < -0.3 is 15.7 Å². The van der Waals surface area contributed by atoms with Crippen molar-refractivity contribution in [2.75, 3.05) is 31.5 Å². The molecule has 1 heterocycles. The second-order valence-corrected chi connectivity index (χ2v) is 4.67. The average molecular weight is 299 g/mol. The maximum absolute atomic E-state index is 13.4. The van der Waals surface area contributed by atoms with Gasteiger partial charge in [-0.05, 0) is 12.1 Å². The van der Waals surface area contributed by atoms with Crippen molar-refractivity contribution in [1.82, 2.24) is 10.2 Å². The highest BCUT2D eigenvalue weighted by Crippen LogP contribution is 2.18. The van der Waals surface area contributed by atoms with E-state index in [1.807, 2.05) is 0 Å².